The lowest BCUT2D eigenvalue weighted by Gasteiger charge is -2.35. The average molecular weight is 378 g/mol. The Balaban J connectivity index is 1.55. The SMILES string of the molecule is Cc1ccccc1CN1CCN(C(=O)Nc2c(Cl)cccc2Cl)CC1. The van der Waals surface area contributed by atoms with E-state index in [1.165, 1.54) is 11.1 Å². The van der Waals surface area contributed by atoms with Crippen molar-refractivity contribution in [2.24, 2.45) is 0 Å². The van der Waals surface area contributed by atoms with Crippen LogP contribution in [-0.2, 0) is 6.54 Å². The Kier molecular flexibility index (Phi) is 5.84. The van der Waals surface area contributed by atoms with Crippen molar-refractivity contribution in [3.63, 3.8) is 0 Å². The van der Waals surface area contributed by atoms with Gasteiger partial charge in [0.2, 0.25) is 0 Å². The Labute approximate surface area is 158 Å². The van der Waals surface area contributed by atoms with Crippen molar-refractivity contribution >= 4 is 34.9 Å². The van der Waals surface area contributed by atoms with Crippen LogP contribution in [0.3, 0.4) is 0 Å². The zero-order chi connectivity index (χ0) is 17.8. The largest absolute Gasteiger partial charge is 0.322 e. The molecule has 0 aliphatic carbocycles. The van der Waals surface area contributed by atoms with Crippen LogP contribution in [0.15, 0.2) is 42.5 Å². The highest BCUT2D eigenvalue weighted by Gasteiger charge is 2.22. The van der Waals surface area contributed by atoms with Crippen molar-refractivity contribution in [2.75, 3.05) is 31.5 Å². The van der Waals surface area contributed by atoms with Crippen LogP contribution < -0.4 is 5.32 Å². The Morgan fingerprint density at radius 3 is 2.28 bits per heavy atom. The van der Waals surface area contributed by atoms with E-state index < -0.39 is 0 Å². The number of carbonyl (C=O) groups is 1. The van der Waals surface area contributed by atoms with E-state index in [1.54, 1.807) is 23.1 Å². The Bertz CT molecular complexity index is 738. The molecule has 2 aromatic rings. The molecule has 0 spiro atoms. The van der Waals surface area contributed by atoms with E-state index in [4.69, 9.17) is 23.2 Å². The van der Waals surface area contributed by atoms with Gasteiger partial charge in [0.1, 0.15) is 0 Å². The van der Waals surface area contributed by atoms with Crippen molar-refractivity contribution < 1.29 is 4.79 Å². The second-order valence-electron chi connectivity index (χ2n) is 6.22. The molecule has 4 nitrogen and oxygen atoms in total. The fourth-order valence-corrected chi connectivity index (χ4v) is 3.43. The number of halogens is 2. The van der Waals surface area contributed by atoms with Crippen molar-refractivity contribution in [3.8, 4) is 0 Å². The van der Waals surface area contributed by atoms with E-state index in [0.29, 0.717) is 28.8 Å². The van der Waals surface area contributed by atoms with E-state index in [0.717, 1.165) is 19.6 Å². The lowest BCUT2D eigenvalue weighted by molar-refractivity contribution is 0.143. The number of amides is 2. The second-order valence-corrected chi connectivity index (χ2v) is 7.03. The number of rotatable bonds is 3. The van der Waals surface area contributed by atoms with Gasteiger partial charge in [0.05, 0.1) is 15.7 Å². The predicted molar refractivity (Wildman–Crippen MR) is 104 cm³/mol. The summed E-state index contributed by atoms with van der Waals surface area (Å²) in [7, 11) is 0. The number of benzene rings is 2. The number of anilines is 1. The summed E-state index contributed by atoms with van der Waals surface area (Å²) in [6.07, 6.45) is 0. The first-order valence-corrected chi connectivity index (χ1v) is 9.07. The molecule has 1 aliphatic rings. The Morgan fingerprint density at radius 2 is 1.64 bits per heavy atom. The highest BCUT2D eigenvalue weighted by Crippen LogP contribution is 2.30. The van der Waals surface area contributed by atoms with Crippen molar-refractivity contribution in [3.05, 3.63) is 63.6 Å². The standard InChI is InChI=1S/C19H21Cl2N3O/c1-14-5-2-3-6-15(14)13-23-9-11-24(12-10-23)19(25)22-18-16(20)7-4-8-17(18)21/h2-8H,9-13H2,1H3,(H,22,25). The normalized spacial score (nSPS) is 15.2. The zero-order valence-corrected chi connectivity index (χ0v) is 15.6. The van der Waals surface area contributed by atoms with Crippen LogP contribution in [0.1, 0.15) is 11.1 Å². The summed E-state index contributed by atoms with van der Waals surface area (Å²) < 4.78 is 0. The minimum atomic E-state index is -0.162. The maximum atomic E-state index is 12.5. The molecule has 0 unspecified atom stereocenters. The van der Waals surface area contributed by atoms with Gasteiger partial charge in [0.25, 0.3) is 0 Å². The molecule has 1 fully saturated rings. The van der Waals surface area contributed by atoms with Crippen LogP contribution in [0.2, 0.25) is 10.0 Å². The predicted octanol–water partition coefficient (Wildman–Crippen LogP) is 4.65. The van der Waals surface area contributed by atoms with Gasteiger partial charge in [-0.1, -0.05) is 53.5 Å². The average Bonchev–Trinajstić information content (AvgIpc) is 2.61. The summed E-state index contributed by atoms with van der Waals surface area (Å²) >= 11 is 12.2. The Hall–Kier alpha value is -1.75. The van der Waals surface area contributed by atoms with Gasteiger partial charge < -0.3 is 10.2 Å². The first kappa shape index (κ1) is 18.1. The first-order chi connectivity index (χ1) is 12.0. The molecule has 1 N–H and O–H groups in total. The molecule has 0 saturated carbocycles. The van der Waals surface area contributed by atoms with E-state index in [-0.39, 0.29) is 6.03 Å². The quantitative estimate of drug-likeness (QED) is 0.844. The number of para-hydroxylation sites is 1. The molecule has 1 aliphatic heterocycles. The summed E-state index contributed by atoms with van der Waals surface area (Å²) in [5.41, 5.74) is 3.11. The minimum Gasteiger partial charge on any atom is -0.322 e. The molecule has 6 heteroatoms. The first-order valence-electron chi connectivity index (χ1n) is 8.31. The van der Waals surface area contributed by atoms with Crippen LogP contribution in [0.4, 0.5) is 10.5 Å². The van der Waals surface area contributed by atoms with Gasteiger partial charge in [-0.25, -0.2) is 4.79 Å². The molecule has 1 heterocycles. The molecule has 1 saturated heterocycles. The maximum Gasteiger partial charge on any atom is 0.322 e. The van der Waals surface area contributed by atoms with Gasteiger partial charge in [0, 0.05) is 32.7 Å². The van der Waals surface area contributed by atoms with Gasteiger partial charge in [-0.2, -0.15) is 0 Å². The van der Waals surface area contributed by atoms with Crippen LogP contribution in [0.25, 0.3) is 0 Å². The van der Waals surface area contributed by atoms with Crippen LogP contribution in [0, 0.1) is 6.92 Å². The van der Waals surface area contributed by atoms with E-state index in [2.05, 4.69) is 41.4 Å². The molecule has 3 rings (SSSR count). The fraction of sp³-hybridized carbons (Fsp3) is 0.316. The number of nitrogens with zero attached hydrogens (tertiary/aromatic N) is 2. The van der Waals surface area contributed by atoms with Crippen LogP contribution >= 0.6 is 23.2 Å². The highest BCUT2D eigenvalue weighted by atomic mass is 35.5. The lowest BCUT2D eigenvalue weighted by atomic mass is 10.1. The third-order valence-electron chi connectivity index (χ3n) is 4.51. The number of piperazine rings is 1. The monoisotopic (exact) mass is 377 g/mol. The maximum absolute atomic E-state index is 12.5. The molecule has 0 aromatic heterocycles. The fourth-order valence-electron chi connectivity index (χ4n) is 2.94. The van der Waals surface area contributed by atoms with Crippen LogP contribution in [0.5, 0.6) is 0 Å². The molecule has 132 valence electrons. The lowest BCUT2D eigenvalue weighted by Crippen LogP contribution is -2.49. The van der Waals surface area contributed by atoms with Gasteiger partial charge in [-0.3, -0.25) is 4.90 Å². The molecule has 2 aromatic carbocycles. The third kappa shape index (κ3) is 4.46. The van der Waals surface area contributed by atoms with Gasteiger partial charge in [-0.15, -0.1) is 0 Å². The number of carbonyl (C=O) groups excluding carboxylic acids is 1. The van der Waals surface area contributed by atoms with Crippen molar-refractivity contribution in [2.45, 2.75) is 13.5 Å². The third-order valence-corrected chi connectivity index (χ3v) is 5.14. The summed E-state index contributed by atoms with van der Waals surface area (Å²) in [5, 5.41) is 3.71. The smallest absolute Gasteiger partial charge is 0.322 e. The summed E-state index contributed by atoms with van der Waals surface area (Å²) in [5.74, 6) is 0. The van der Waals surface area contributed by atoms with Gasteiger partial charge >= 0.3 is 6.03 Å². The summed E-state index contributed by atoms with van der Waals surface area (Å²) in [4.78, 5) is 16.6. The van der Waals surface area contributed by atoms with Crippen LogP contribution in [-0.4, -0.2) is 42.0 Å². The number of nitrogens with one attached hydrogen (secondary N) is 1. The number of aryl methyl sites for hydroxylation is 1. The van der Waals surface area contributed by atoms with Gasteiger partial charge in [-0.05, 0) is 30.2 Å². The topological polar surface area (TPSA) is 35.6 Å². The number of urea groups is 1. The minimum absolute atomic E-state index is 0.162. The zero-order valence-electron chi connectivity index (χ0n) is 14.1. The number of hydrogen-bond acceptors (Lipinski definition) is 2. The van der Waals surface area contributed by atoms with E-state index in [9.17, 15) is 4.79 Å². The van der Waals surface area contributed by atoms with E-state index >= 15 is 0 Å². The molecular formula is C19H21Cl2N3O. The van der Waals surface area contributed by atoms with E-state index in [1.807, 2.05) is 0 Å². The summed E-state index contributed by atoms with van der Waals surface area (Å²) in [6.45, 7) is 6.10. The summed E-state index contributed by atoms with van der Waals surface area (Å²) in [6, 6.07) is 13.4. The van der Waals surface area contributed by atoms with Crippen molar-refractivity contribution in [1.29, 1.82) is 0 Å². The molecule has 0 atom stereocenters. The highest BCUT2D eigenvalue weighted by molar-refractivity contribution is 6.39. The van der Waals surface area contributed by atoms with Gasteiger partial charge in [0.15, 0.2) is 0 Å². The molecular weight excluding hydrogens is 357 g/mol. The molecule has 0 radical (unpaired) electrons. The second kappa shape index (κ2) is 8.09. The Morgan fingerprint density at radius 1 is 1.00 bits per heavy atom. The number of hydrogen-bond donors (Lipinski definition) is 1. The molecule has 25 heavy (non-hydrogen) atoms. The molecule has 0 bridgehead atoms. The van der Waals surface area contributed by atoms with Crippen molar-refractivity contribution in [1.82, 2.24) is 9.80 Å². The molecule has 2 amide bonds.